The molecule has 4 nitrogen and oxygen atoms in total. The predicted octanol–water partition coefficient (Wildman–Crippen LogP) is 2.62. The van der Waals surface area contributed by atoms with Crippen molar-refractivity contribution in [3.8, 4) is 11.5 Å². The number of ether oxygens (including phenoxy) is 2. The van der Waals surface area contributed by atoms with Gasteiger partial charge in [0.1, 0.15) is 11.5 Å². The molecule has 0 spiro atoms. The van der Waals surface area contributed by atoms with Crippen molar-refractivity contribution in [2.75, 3.05) is 14.2 Å². The Bertz CT molecular complexity index is 507. The summed E-state index contributed by atoms with van der Waals surface area (Å²) < 4.78 is 23.3. The van der Waals surface area contributed by atoms with Gasteiger partial charge >= 0.3 is 7.12 Å². The van der Waals surface area contributed by atoms with E-state index in [9.17, 15) is 0 Å². The molecule has 0 aromatic heterocycles. The van der Waals surface area contributed by atoms with Crippen LogP contribution in [0, 0.1) is 13.8 Å². The zero-order chi connectivity index (χ0) is 16.0. The molecule has 1 aliphatic rings. The zero-order valence-corrected chi connectivity index (χ0v) is 14.3. The number of methoxy groups -OCH3 is 2. The topological polar surface area (TPSA) is 36.9 Å². The fourth-order valence-electron chi connectivity index (χ4n) is 2.62. The van der Waals surface area contributed by atoms with Crippen molar-refractivity contribution in [1.82, 2.24) is 0 Å². The lowest BCUT2D eigenvalue weighted by molar-refractivity contribution is 0.00578. The molecule has 0 N–H and O–H groups in total. The first-order valence-corrected chi connectivity index (χ1v) is 7.22. The van der Waals surface area contributed by atoms with E-state index in [1.54, 1.807) is 14.2 Å². The third-order valence-corrected chi connectivity index (χ3v) is 4.74. The number of benzene rings is 1. The van der Waals surface area contributed by atoms with Gasteiger partial charge in [0.15, 0.2) is 0 Å². The summed E-state index contributed by atoms with van der Waals surface area (Å²) in [6.45, 7) is 12.2. The normalized spacial score (nSPS) is 19.7. The summed E-state index contributed by atoms with van der Waals surface area (Å²) in [7, 11) is 2.90. The highest BCUT2D eigenvalue weighted by Crippen LogP contribution is 2.38. The molecule has 1 heterocycles. The van der Waals surface area contributed by atoms with E-state index in [1.807, 2.05) is 19.9 Å². The summed E-state index contributed by atoms with van der Waals surface area (Å²) in [6.07, 6.45) is 0. The van der Waals surface area contributed by atoms with Crippen molar-refractivity contribution in [3.05, 3.63) is 17.2 Å². The highest BCUT2D eigenvalue weighted by Gasteiger charge is 2.52. The van der Waals surface area contributed by atoms with Gasteiger partial charge in [-0.25, -0.2) is 0 Å². The highest BCUT2D eigenvalue weighted by molar-refractivity contribution is 6.63. The molecule has 1 aromatic carbocycles. The van der Waals surface area contributed by atoms with Crippen molar-refractivity contribution in [2.24, 2.45) is 0 Å². The first-order chi connectivity index (χ1) is 9.64. The summed E-state index contributed by atoms with van der Waals surface area (Å²) >= 11 is 0. The van der Waals surface area contributed by atoms with E-state index in [0.717, 1.165) is 28.1 Å². The van der Waals surface area contributed by atoms with E-state index in [4.69, 9.17) is 18.8 Å². The van der Waals surface area contributed by atoms with Crippen LogP contribution in [0.3, 0.4) is 0 Å². The molecule has 1 fully saturated rings. The molecular weight excluding hydrogens is 267 g/mol. The van der Waals surface area contributed by atoms with Crippen LogP contribution in [0.5, 0.6) is 11.5 Å². The van der Waals surface area contributed by atoms with E-state index in [2.05, 4.69) is 27.7 Å². The maximum atomic E-state index is 6.18. The maximum Gasteiger partial charge on any atom is 0.495 e. The second kappa shape index (κ2) is 5.22. The molecule has 0 bridgehead atoms. The standard InChI is InChI=1S/C16H25BO4/c1-10-12(18-7)9-13(19-8)11(2)14(10)17-20-15(3,4)16(5,6)21-17/h9H,1-8H3. The molecular formula is C16H25BO4. The van der Waals surface area contributed by atoms with Gasteiger partial charge in [-0.2, -0.15) is 0 Å². The molecule has 1 saturated heterocycles. The molecule has 116 valence electrons. The lowest BCUT2D eigenvalue weighted by atomic mass is 9.73. The minimum atomic E-state index is -0.418. The smallest absolute Gasteiger partial charge is 0.495 e. The Labute approximate surface area is 127 Å². The van der Waals surface area contributed by atoms with Crippen molar-refractivity contribution in [3.63, 3.8) is 0 Å². The quantitative estimate of drug-likeness (QED) is 0.803. The zero-order valence-electron chi connectivity index (χ0n) is 14.3. The molecule has 1 aromatic rings. The minimum absolute atomic E-state index is 0.368. The van der Waals surface area contributed by atoms with Crippen molar-refractivity contribution in [1.29, 1.82) is 0 Å². The lowest BCUT2D eigenvalue weighted by Crippen LogP contribution is -2.41. The van der Waals surface area contributed by atoms with E-state index in [-0.39, 0.29) is 11.2 Å². The van der Waals surface area contributed by atoms with Crippen LogP contribution in [-0.2, 0) is 9.31 Å². The fraction of sp³-hybridized carbons (Fsp3) is 0.625. The van der Waals surface area contributed by atoms with Gasteiger partial charge in [0.2, 0.25) is 0 Å². The van der Waals surface area contributed by atoms with Gasteiger partial charge in [0.05, 0.1) is 25.4 Å². The molecule has 0 unspecified atom stereocenters. The first kappa shape index (κ1) is 16.2. The van der Waals surface area contributed by atoms with Gasteiger partial charge < -0.3 is 18.8 Å². The molecule has 0 aliphatic carbocycles. The Kier molecular flexibility index (Phi) is 4.02. The Hall–Kier alpha value is -1.20. The average Bonchev–Trinajstić information content (AvgIpc) is 2.58. The molecule has 0 saturated carbocycles. The molecule has 2 rings (SSSR count). The molecule has 0 atom stereocenters. The number of rotatable bonds is 3. The van der Waals surface area contributed by atoms with Gasteiger partial charge in [-0.05, 0) is 58.1 Å². The number of hydrogen-bond donors (Lipinski definition) is 0. The predicted molar refractivity (Wildman–Crippen MR) is 84.7 cm³/mol. The second-order valence-corrected chi connectivity index (χ2v) is 6.53. The van der Waals surface area contributed by atoms with Crippen LogP contribution in [0.2, 0.25) is 0 Å². The van der Waals surface area contributed by atoms with Crippen molar-refractivity contribution in [2.45, 2.75) is 52.7 Å². The Morgan fingerprint density at radius 1 is 0.857 bits per heavy atom. The summed E-state index contributed by atoms with van der Waals surface area (Å²) in [5, 5.41) is 0. The van der Waals surface area contributed by atoms with E-state index in [1.165, 1.54) is 0 Å². The Balaban J connectivity index is 2.55. The van der Waals surface area contributed by atoms with Gasteiger partial charge in [0, 0.05) is 6.07 Å². The Morgan fingerprint density at radius 3 is 1.57 bits per heavy atom. The summed E-state index contributed by atoms with van der Waals surface area (Å²) in [6, 6.07) is 1.90. The van der Waals surface area contributed by atoms with Gasteiger partial charge in [0.25, 0.3) is 0 Å². The maximum absolute atomic E-state index is 6.18. The van der Waals surface area contributed by atoms with E-state index >= 15 is 0 Å². The Morgan fingerprint density at radius 2 is 1.24 bits per heavy atom. The van der Waals surface area contributed by atoms with Crippen LogP contribution in [-0.4, -0.2) is 32.5 Å². The summed E-state index contributed by atoms with van der Waals surface area (Å²) in [4.78, 5) is 0. The molecule has 21 heavy (non-hydrogen) atoms. The SMILES string of the molecule is COc1cc(OC)c(C)c(B2OC(C)(C)C(C)(C)O2)c1C. The monoisotopic (exact) mass is 292 g/mol. The second-order valence-electron chi connectivity index (χ2n) is 6.53. The van der Waals surface area contributed by atoms with Crippen molar-refractivity contribution >= 4 is 12.6 Å². The first-order valence-electron chi connectivity index (χ1n) is 7.22. The van der Waals surface area contributed by atoms with Crippen LogP contribution < -0.4 is 14.9 Å². The van der Waals surface area contributed by atoms with Gasteiger partial charge in [-0.3, -0.25) is 0 Å². The summed E-state index contributed by atoms with van der Waals surface area (Å²) in [5.41, 5.74) is 2.30. The highest BCUT2D eigenvalue weighted by atomic mass is 16.7. The minimum Gasteiger partial charge on any atom is -0.496 e. The third-order valence-electron chi connectivity index (χ3n) is 4.74. The third kappa shape index (κ3) is 2.53. The average molecular weight is 292 g/mol. The van der Waals surface area contributed by atoms with E-state index < -0.39 is 7.12 Å². The number of hydrogen-bond acceptors (Lipinski definition) is 4. The fourth-order valence-corrected chi connectivity index (χ4v) is 2.62. The molecule has 0 amide bonds. The van der Waals surface area contributed by atoms with E-state index in [0.29, 0.717) is 0 Å². The molecule has 0 radical (unpaired) electrons. The van der Waals surface area contributed by atoms with Crippen LogP contribution in [0.15, 0.2) is 6.07 Å². The summed E-state index contributed by atoms with van der Waals surface area (Å²) in [5.74, 6) is 1.56. The van der Waals surface area contributed by atoms with Crippen LogP contribution >= 0.6 is 0 Å². The van der Waals surface area contributed by atoms with Crippen LogP contribution in [0.1, 0.15) is 38.8 Å². The molecule has 1 aliphatic heterocycles. The van der Waals surface area contributed by atoms with Crippen LogP contribution in [0.25, 0.3) is 0 Å². The lowest BCUT2D eigenvalue weighted by Gasteiger charge is -2.32. The van der Waals surface area contributed by atoms with Gasteiger partial charge in [-0.15, -0.1) is 0 Å². The van der Waals surface area contributed by atoms with Gasteiger partial charge in [-0.1, -0.05) is 0 Å². The van der Waals surface area contributed by atoms with Crippen LogP contribution in [0.4, 0.5) is 0 Å². The largest absolute Gasteiger partial charge is 0.496 e. The molecule has 5 heteroatoms. The van der Waals surface area contributed by atoms with Crippen molar-refractivity contribution < 1.29 is 18.8 Å².